The van der Waals surface area contributed by atoms with E-state index in [1.807, 2.05) is 18.3 Å². The Labute approximate surface area is 150 Å². The first kappa shape index (κ1) is 17.2. The molecule has 0 amide bonds. The summed E-state index contributed by atoms with van der Waals surface area (Å²) in [6.07, 6.45) is 1.93. The summed E-state index contributed by atoms with van der Waals surface area (Å²) >= 11 is 0. The van der Waals surface area contributed by atoms with Gasteiger partial charge >= 0.3 is 0 Å². The van der Waals surface area contributed by atoms with Crippen LogP contribution < -0.4 is 0 Å². The molecule has 0 atom stereocenters. The molecule has 0 unspecified atom stereocenters. The summed E-state index contributed by atoms with van der Waals surface area (Å²) in [7, 11) is 2.02. The van der Waals surface area contributed by atoms with Gasteiger partial charge in [0.1, 0.15) is 0 Å². The zero-order valence-corrected chi connectivity index (χ0v) is 15.5. The average molecular weight is 330 g/mol. The van der Waals surface area contributed by atoms with Crippen molar-refractivity contribution in [1.29, 1.82) is 0 Å². The van der Waals surface area contributed by atoms with Crippen LogP contribution in [0.5, 0.6) is 0 Å². The van der Waals surface area contributed by atoms with E-state index in [-0.39, 0.29) is 5.41 Å². The number of hydrazone groups is 1. The van der Waals surface area contributed by atoms with Crippen LogP contribution in [0.25, 0.3) is 10.8 Å². The maximum Gasteiger partial charge on any atom is 0.0613 e. The second-order valence-corrected chi connectivity index (χ2v) is 7.57. The number of nitrogens with zero attached hydrogens (tertiary/aromatic N) is 2. The largest absolute Gasteiger partial charge is 0.296 e. The van der Waals surface area contributed by atoms with Gasteiger partial charge in [-0.2, -0.15) is 5.10 Å². The molecule has 3 aromatic carbocycles. The second kappa shape index (κ2) is 7.10. The number of rotatable bonds is 4. The molecule has 3 aromatic rings. The fourth-order valence-electron chi connectivity index (χ4n) is 2.95. The first-order chi connectivity index (χ1) is 11.9. The Hall–Kier alpha value is -2.61. The van der Waals surface area contributed by atoms with Gasteiger partial charge in [0.15, 0.2) is 0 Å². The lowest BCUT2D eigenvalue weighted by atomic mass is 9.87. The number of benzene rings is 3. The molecule has 2 nitrogen and oxygen atoms in total. The van der Waals surface area contributed by atoms with Crippen LogP contribution in [0.2, 0.25) is 0 Å². The van der Waals surface area contributed by atoms with Crippen LogP contribution in [-0.4, -0.2) is 18.3 Å². The van der Waals surface area contributed by atoms with E-state index in [9.17, 15) is 0 Å². The first-order valence-electron chi connectivity index (χ1n) is 8.76. The third-order valence-corrected chi connectivity index (χ3v) is 4.46. The number of hydrogen-bond acceptors (Lipinski definition) is 2. The van der Waals surface area contributed by atoms with Gasteiger partial charge in [-0.3, -0.25) is 5.01 Å². The maximum atomic E-state index is 4.60. The fraction of sp³-hybridized carbons (Fsp3) is 0.261. The molecule has 0 fully saturated rings. The van der Waals surface area contributed by atoms with E-state index < -0.39 is 0 Å². The molecule has 25 heavy (non-hydrogen) atoms. The van der Waals surface area contributed by atoms with Crippen LogP contribution in [0.3, 0.4) is 0 Å². The molecule has 0 saturated carbocycles. The molecule has 0 aliphatic carbocycles. The van der Waals surface area contributed by atoms with E-state index >= 15 is 0 Å². The van der Waals surface area contributed by atoms with Gasteiger partial charge < -0.3 is 0 Å². The minimum atomic E-state index is 0.181. The van der Waals surface area contributed by atoms with Crippen molar-refractivity contribution in [2.45, 2.75) is 32.7 Å². The number of hydrogen-bond donors (Lipinski definition) is 0. The quantitative estimate of drug-likeness (QED) is 0.449. The highest BCUT2D eigenvalue weighted by Gasteiger charge is 2.12. The second-order valence-electron chi connectivity index (χ2n) is 7.57. The van der Waals surface area contributed by atoms with Gasteiger partial charge in [0.05, 0.1) is 12.8 Å². The topological polar surface area (TPSA) is 15.6 Å². The van der Waals surface area contributed by atoms with E-state index in [4.69, 9.17) is 0 Å². The predicted molar refractivity (Wildman–Crippen MR) is 108 cm³/mol. The molecule has 0 bridgehead atoms. The zero-order valence-electron chi connectivity index (χ0n) is 15.5. The predicted octanol–water partition coefficient (Wildman–Crippen LogP) is 5.60. The van der Waals surface area contributed by atoms with Crippen LogP contribution in [0.1, 0.15) is 37.5 Å². The van der Waals surface area contributed by atoms with Crippen molar-refractivity contribution in [3.8, 4) is 0 Å². The average Bonchev–Trinajstić information content (AvgIpc) is 2.60. The normalized spacial score (nSPS) is 12.0. The van der Waals surface area contributed by atoms with Crippen molar-refractivity contribution in [2.75, 3.05) is 7.05 Å². The van der Waals surface area contributed by atoms with Gasteiger partial charge in [0.2, 0.25) is 0 Å². The first-order valence-corrected chi connectivity index (χ1v) is 8.76. The molecule has 0 N–H and O–H groups in total. The monoisotopic (exact) mass is 330 g/mol. The summed E-state index contributed by atoms with van der Waals surface area (Å²) in [6.45, 7) is 7.48. The third kappa shape index (κ3) is 4.27. The molecule has 3 rings (SSSR count). The Morgan fingerprint density at radius 2 is 1.56 bits per heavy atom. The molecular weight excluding hydrogens is 304 g/mol. The smallest absolute Gasteiger partial charge is 0.0613 e. The standard InChI is InChI=1S/C23H26N2/c1-23(2,3)21-14-12-18(13-15-21)16-24-25(4)17-20-10-7-9-19-8-5-6-11-22(19)20/h5-16H,17H2,1-4H3/b24-16-. The molecule has 0 aliphatic rings. The highest BCUT2D eigenvalue weighted by Crippen LogP contribution is 2.22. The molecule has 128 valence electrons. The lowest BCUT2D eigenvalue weighted by molar-refractivity contribution is 0.350. The van der Waals surface area contributed by atoms with Crippen molar-refractivity contribution < 1.29 is 0 Å². The molecule has 2 heteroatoms. The fourth-order valence-corrected chi connectivity index (χ4v) is 2.95. The van der Waals surface area contributed by atoms with Gasteiger partial charge in [-0.15, -0.1) is 0 Å². The lowest BCUT2D eigenvalue weighted by Crippen LogP contribution is -2.12. The van der Waals surface area contributed by atoms with Crippen molar-refractivity contribution in [3.05, 3.63) is 83.4 Å². The Balaban J connectivity index is 1.71. The Morgan fingerprint density at radius 3 is 2.28 bits per heavy atom. The Morgan fingerprint density at radius 1 is 0.880 bits per heavy atom. The highest BCUT2D eigenvalue weighted by atomic mass is 15.4. The summed E-state index contributed by atoms with van der Waals surface area (Å²) in [5.74, 6) is 0. The third-order valence-electron chi connectivity index (χ3n) is 4.46. The molecular formula is C23H26N2. The maximum absolute atomic E-state index is 4.60. The molecule has 0 aliphatic heterocycles. The number of fused-ring (bicyclic) bond motifs is 1. The Kier molecular flexibility index (Phi) is 4.89. The minimum absolute atomic E-state index is 0.181. The van der Waals surface area contributed by atoms with Crippen LogP contribution in [-0.2, 0) is 12.0 Å². The van der Waals surface area contributed by atoms with E-state index in [1.165, 1.54) is 21.9 Å². The van der Waals surface area contributed by atoms with Gasteiger partial charge in [-0.05, 0) is 32.9 Å². The Bertz CT molecular complexity index is 865. The minimum Gasteiger partial charge on any atom is -0.296 e. The van der Waals surface area contributed by atoms with Crippen molar-refractivity contribution in [3.63, 3.8) is 0 Å². The van der Waals surface area contributed by atoms with Crippen molar-refractivity contribution >= 4 is 17.0 Å². The molecule has 0 heterocycles. The van der Waals surface area contributed by atoms with Gasteiger partial charge in [-0.1, -0.05) is 87.5 Å². The van der Waals surface area contributed by atoms with Crippen LogP contribution in [0.15, 0.2) is 71.8 Å². The van der Waals surface area contributed by atoms with Crippen LogP contribution >= 0.6 is 0 Å². The van der Waals surface area contributed by atoms with E-state index in [2.05, 4.69) is 92.6 Å². The van der Waals surface area contributed by atoms with Gasteiger partial charge in [-0.25, -0.2) is 0 Å². The summed E-state index contributed by atoms with van der Waals surface area (Å²) in [4.78, 5) is 0. The van der Waals surface area contributed by atoms with Gasteiger partial charge in [0, 0.05) is 7.05 Å². The van der Waals surface area contributed by atoms with E-state index in [1.54, 1.807) is 0 Å². The zero-order chi connectivity index (χ0) is 17.9. The highest BCUT2D eigenvalue weighted by molar-refractivity contribution is 5.85. The summed E-state index contributed by atoms with van der Waals surface area (Å²) in [5.41, 5.74) is 3.94. The molecule has 0 saturated heterocycles. The SMILES string of the molecule is CN(Cc1cccc2ccccc12)/N=C\c1ccc(C(C)(C)C)cc1. The van der Waals surface area contributed by atoms with E-state index in [0.717, 1.165) is 12.1 Å². The lowest BCUT2D eigenvalue weighted by Gasteiger charge is -2.19. The van der Waals surface area contributed by atoms with E-state index in [0.29, 0.717) is 0 Å². The van der Waals surface area contributed by atoms with Crippen molar-refractivity contribution in [1.82, 2.24) is 5.01 Å². The summed E-state index contributed by atoms with van der Waals surface area (Å²) in [5, 5.41) is 9.15. The van der Waals surface area contributed by atoms with Crippen LogP contribution in [0.4, 0.5) is 0 Å². The van der Waals surface area contributed by atoms with Gasteiger partial charge in [0.25, 0.3) is 0 Å². The molecule has 0 radical (unpaired) electrons. The molecule has 0 spiro atoms. The molecule has 0 aromatic heterocycles. The summed E-state index contributed by atoms with van der Waals surface area (Å²) < 4.78 is 0. The summed E-state index contributed by atoms with van der Waals surface area (Å²) in [6, 6.07) is 23.6. The van der Waals surface area contributed by atoms with Crippen LogP contribution in [0, 0.1) is 0 Å². The van der Waals surface area contributed by atoms with Crippen molar-refractivity contribution in [2.24, 2.45) is 5.10 Å².